The maximum absolute atomic E-state index is 13.4. The van der Waals surface area contributed by atoms with E-state index < -0.39 is 6.10 Å². The smallest absolute Gasteiger partial charge is 0.128 e. The van der Waals surface area contributed by atoms with Crippen molar-refractivity contribution < 1.29 is 14.2 Å². The summed E-state index contributed by atoms with van der Waals surface area (Å²) in [5, 5.41) is 10.4. The van der Waals surface area contributed by atoms with Gasteiger partial charge >= 0.3 is 0 Å². The first-order chi connectivity index (χ1) is 9.16. The summed E-state index contributed by atoms with van der Waals surface area (Å²) in [5.41, 5.74) is 0.445. The van der Waals surface area contributed by atoms with Gasteiger partial charge in [0, 0.05) is 43.5 Å². The van der Waals surface area contributed by atoms with Crippen LogP contribution in [0.15, 0.2) is 18.2 Å². The van der Waals surface area contributed by atoms with Gasteiger partial charge in [0.25, 0.3) is 0 Å². The fourth-order valence-corrected chi connectivity index (χ4v) is 3.99. The second kappa shape index (κ2) is 3.93. The number of nitrogens with zero attached hydrogens (tertiary/aromatic N) is 1. The lowest BCUT2D eigenvalue weighted by Gasteiger charge is -2.47. The van der Waals surface area contributed by atoms with Crippen molar-refractivity contribution in [3.63, 3.8) is 0 Å². The Morgan fingerprint density at radius 1 is 1.37 bits per heavy atom. The lowest BCUT2D eigenvalue weighted by molar-refractivity contribution is -0.0737. The molecule has 2 fully saturated rings. The summed E-state index contributed by atoms with van der Waals surface area (Å²) < 4.78 is 19.6. The molecule has 1 aromatic carbocycles. The lowest BCUT2D eigenvalue weighted by Crippen LogP contribution is -2.53. The van der Waals surface area contributed by atoms with Gasteiger partial charge in [0.15, 0.2) is 0 Å². The standard InChI is InChI=1S/C15H18FNO2/c16-11-1-2-12-13(18)8-15(19-14(12)7-11)4-6-17-5-3-10(15)9-17/h1-2,7,10,13,18H,3-6,8-9H2/t10?,13-,15?/m0/s1. The fraction of sp³-hybridized carbons (Fsp3) is 0.600. The number of aliphatic hydroxyl groups excluding tert-OH is 1. The van der Waals surface area contributed by atoms with Crippen LogP contribution >= 0.6 is 0 Å². The molecule has 3 nitrogen and oxygen atoms in total. The van der Waals surface area contributed by atoms with E-state index in [0.717, 1.165) is 38.0 Å². The summed E-state index contributed by atoms with van der Waals surface area (Å²) in [5.74, 6) is 0.707. The molecule has 3 aliphatic heterocycles. The van der Waals surface area contributed by atoms with E-state index in [-0.39, 0.29) is 11.4 Å². The predicted octanol–water partition coefficient (Wildman–Crippen LogP) is 2.11. The van der Waals surface area contributed by atoms with Crippen LogP contribution in [0.5, 0.6) is 5.75 Å². The van der Waals surface area contributed by atoms with Crippen LogP contribution in [0.25, 0.3) is 0 Å². The number of fused-ring (bicyclic) bond motifs is 4. The molecular formula is C15H18FNO2. The zero-order valence-corrected chi connectivity index (χ0v) is 10.8. The molecule has 0 saturated carbocycles. The van der Waals surface area contributed by atoms with Gasteiger partial charge in [-0.2, -0.15) is 0 Å². The first-order valence-electron chi connectivity index (χ1n) is 7.05. The van der Waals surface area contributed by atoms with Gasteiger partial charge in [0.2, 0.25) is 0 Å². The molecule has 3 unspecified atom stereocenters. The minimum Gasteiger partial charge on any atom is -0.486 e. The van der Waals surface area contributed by atoms with Crippen molar-refractivity contribution in [1.29, 1.82) is 0 Å². The number of piperidine rings is 1. The molecule has 4 rings (SSSR count). The zero-order valence-electron chi connectivity index (χ0n) is 10.8. The van der Waals surface area contributed by atoms with E-state index in [4.69, 9.17) is 4.74 Å². The molecule has 4 heteroatoms. The van der Waals surface area contributed by atoms with Crippen LogP contribution in [0.3, 0.4) is 0 Å². The molecule has 2 bridgehead atoms. The van der Waals surface area contributed by atoms with Gasteiger partial charge in [0.1, 0.15) is 17.2 Å². The largest absolute Gasteiger partial charge is 0.486 e. The SMILES string of the molecule is O[C@H]1CC2(CCN3CCC2C3)Oc2cc(F)ccc21. The van der Waals surface area contributed by atoms with Crippen LogP contribution in [0.2, 0.25) is 0 Å². The Balaban J connectivity index is 1.73. The van der Waals surface area contributed by atoms with E-state index in [1.165, 1.54) is 12.1 Å². The maximum atomic E-state index is 13.4. The van der Waals surface area contributed by atoms with Gasteiger partial charge in [-0.3, -0.25) is 0 Å². The van der Waals surface area contributed by atoms with E-state index in [0.29, 0.717) is 18.1 Å². The number of ether oxygens (including phenoxy) is 1. The van der Waals surface area contributed by atoms with E-state index >= 15 is 0 Å². The molecule has 19 heavy (non-hydrogen) atoms. The second-order valence-electron chi connectivity index (χ2n) is 6.11. The maximum Gasteiger partial charge on any atom is 0.128 e. The van der Waals surface area contributed by atoms with Gasteiger partial charge in [-0.1, -0.05) is 0 Å². The molecule has 2 saturated heterocycles. The van der Waals surface area contributed by atoms with Crippen molar-refractivity contribution in [2.75, 3.05) is 19.6 Å². The molecule has 0 radical (unpaired) electrons. The summed E-state index contributed by atoms with van der Waals surface area (Å²) in [6, 6.07) is 4.45. The number of benzene rings is 1. The van der Waals surface area contributed by atoms with Crippen LogP contribution in [0.4, 0.5) is 4.39 Å². The molecule has 3 aliphatic rings. The van der Waals surface area contributed by atoms with Crippen molar-refractivity contribution >= 4 is 0 Å². The summed E-state index contributed by atoms with van der Waals surface area (Å²) in [4.78, 5) is 2.45. The fourth-order valence-electron chi connectivity index (χ4n) is 3.99. The van der Waals surface area contributed by atoms with Crippen LogP contribution in [0.1, 0.15) is 30.9 Å². The topological polar surface area (TPSA) is 32.7 Å². The Kier molecular flexibility index (Phi) is 2.42. The molecule has 4 atom stereocenters. The van der Waals surface area contributed by atoms with Gasteiger partial charge in [-0.05, 0) is 25.1 Å². The number of halogens is 1. The van der Waals surface area contributed by atoms with Gasteiger partial charge in [0.05, 0.1) is 6.10 Å². The number of aliphatic hydroxyl groups is 1. The monoisotopic (exact) mass is 263 g/mol. The molecule has 0 amide bonds. The van der Waals surface area contributed by atoms with Crippen molar-refractivity contribution in [1.82, 2.24) is 4.90 Å². The Morgan fingerprint density at radius 3 is 3.16 bits per heavy atom. The average Bonchev–Trinajstić information content (AvgIpc) is 2.79. The predicted molar refractivity (Wildman–Crippen MR) is 68.5 cm³/mol. The third-order valence-electron chi connectivity index (χ3n) is 5.05. The number of rotatable bonds is 0. The third kappa shape index (κ3) is 1.70. The van der Waals surface area contributed by atoms with E-state index in [1.807, 2.05) is 0 Å². The van der Waals surface area contributed by atoms with Crippen molar-refractivity contribution in [3.05, 3.63) is 29.6 Å². The Hall–Kier alpha value is -1.13. The Morgan fingerprint density at radius 2 is 2.26 bits per heavy atom. The van der Waals surface area contributed by atoms with Crippen molar-refractivity contribution in [2.24, 2.45) is 5.92 Å². The van der Waals surface area contributed by atoms with Gasteiger partial charge in [-0.25, -0.2) is 4.39 Å². The molecule has 1 aromatic rings. The molecule has 1 spiro atoms. The number of hydrogen-bond acceptors (Lipinski definition) is 3. The highest BCUT2D eigenvalue weighted by atomic mass is 19.1. The lowest BCUT2D eigenvalue weighted by atomic mass is 9.75. The first-order valence-corrected chi connectivity index (χ1v) is 7.05. The summed E-state index contributed by atoms with van der Waals surface area (Å²) in [6.07, 6.45) is 2.17. The molecular weight excluding hydrogens is 245 g/mol. The van der Waals surface area contributed by atoms with Gasteiger partial charge < -0.3 is 14.7 Å². The molecule has 0 aromatic heterocycles. The third-order valence-corrected chi connectivity index (χ3v) is 5.05. The Labute approximate surface area is 112 Å². The molecule has 102 valence electrons. The first kappa shape index (κ1) is 11.7. The highest BCUT2D eigenvalue weighted by molar-refractivity contribution is 5.39. The summed E-state index contributed by atoms with van der Waals surface area (Å²) in [6.45, 7) is 3.20. The van der Waals surface area contributed by atoms with Crippen LogP contribution in [-0.2, 0) is 0 Å². The second-order valence-corrected chi connectivity index (χ2v) is 6.11. The minimum absolute atomic E-state index is 0.285. The van der Waals surface area contributed by atoms with Crippen molar-refractivity contribution in [3.8, 4) is 5.75 Å². The highest BCUT2D eigenvalue weighted by Crippen LogP contribution is 2.49. The molecule has 0 aliphatic carbocycles. The van der Waals surface area contributed by atoms with Crippen LogP contribution in [0, 0.1) is 11.7 Å². The minimum atomic E-state index is -0.531. The average molecular weight is 263 g/mol. The summed E-state index contributed by atoms with van der Waals surface area (Å²) in [7, 11) is 0. The summed E-state index contributed by atoms with van der Waals surface area (Å²) >= 11 is 0. The van der Waals surface area contributed by atoms with Crippen LogP contribution in [-0.4, -0.2) is 35.2 Å². The van der Waals surface area contributed by atoms with E-state index in [2.05, 4.69) is 4.90 Å². The number of hydrogen-bond donors (Lipinski definition) is 1. The quantitative estimate of drug-likeness (QED) is 0.778. The normalized spacial score (nSPS) is 40.0. The molecule has 3 heterocycles. The molecule has 1 N–H and O–H groups in total. The highest BCUT2D eigenvalue weighted by Gasteiger charge is 2.51. The van der Waals surface area contributed by atoms with Crippen LogP contribution < -0.4 is 4.74 Å². The zero-order chi connectivity index (χ0) is 13.0. The van der Waals surface area contributed by atoms with E-state index in [1.54, 1.807) is 6.07 Å². The van der Waals surface area contributed by atoms with Gasteiger partial charge in [-0.15, -0.1) is 0 Å². The van der Waals surface area contributed by atoms with Crippen molar-refractivity contribution in [2.45, 2.75) is 31.0 Å². The Bertz CT molecular complexity index is 521. The van der Waals surface area contributed by atoms with E-state index in [9.17, 15) is 9.50 Å².